The molecule has 3 rings (SSSR count). The van der Waals surface area contributed by atoms with Crippen molar-refractivity contribution in [1.82, 2.24) is 5.32 Å². The van der Waals surface area contributed by atoms with Crippen LogP contribution in [0.4, 0.5) is 17.1 Å². The van der Waals surface area contributed by atoms with Gasteiger partial charge >= 0.3 is 0 Å². The normalized spacial score (nSPS) is 13.8. The summed E-state index contributed by atoms with van der Waals surface area (Å²) in [7, 11) is 0. The Kier molecular flexibility index (Phi) is 9.13. The zero-order valence-electron chi connectivity index (χ0n) is 18.9. The fourth-order valence-corrected chi connectivity index (χ4v) is 3.95. The van der Waals surface area contributed by atoms with E-state index in [0.29, 0.717) is 28.4 Å². The fourth-order valence-electron chi connectivity index (χ4n) is 3.78. The number of carbonyl (C=O) groups is 3. The van der Waals surface area contributed by atoms with E-state index in [4.69, 9.17) is 11.6 Å². The van der Waals surface area contributed by atoms with Crippen LogP contribution < -0.4 is 21.3 Å². The van der Waals surface area contributed by atoms with Gasteiger partial charge in [0.2, 0.25) is 11.8 Å². The molecule has 0 aromatic heterocycles. The quantitative estimate of drug-likeness (QED) is 0.405. The number of benzene rings is 2. The molecule has 0 saturated heterocycles. The van der Waals surface area contributed by atoms with Crippen molar-refractivity contribution in [1.29, 1.82) is 0 Å². The molecule has 2 aromatic rings. The molecule has 1 saturated carbocycles. The zero-order chi connectivity index (χ0) is 23.6. The highest BCUT2D eigenvalue weighted by Crippen LogP contribution is 2.26. The van der Waals surface area contributed by atoms with Crippen LogP contribution in [0.3, 0.4) is 0 Å². The Bertz CT molecular complexity index is 972. The smallest absolute Gasteiger partial charge is 0.251 e. The standard InChI is InChI=1S/C25H31ClN4O3/c1-2-6-23(31)28-20-13-14-21(26)22(15-20)30-24(32)16-27-18-11-9-17(10-12-18)25(33)29-19-7-4-3-5-8-19/h9-15,19,27H,2-8,16H2,1H3,(H,28,31)(H,29,33)(H,30,32). The highest BCUT2D eigenvalue weighted by atomic mass is 35.5. The highest BCUT2D eigenvalue weighted by molar-refractivity contribution is 6.33. The van der Waals surface area contributed by atoms with Gasteiger partial charge in [-0.05, 0) is 61.7 Å². The predicted octanol–water partition coefficient (Wildman–Crippen LogP) is 5.19. The van der Waals surface area contributed by atoms with E-state index >= 15 is 0 Å². The molecule has 1 aliphatic rings. The van der Waals surface area contributed by atoms with Crippen LogP contribution in [0.15, 0.2) is 42.5 Å². The Morgan fingerprint density at radius 3 is 2.30 bits per heavy atom. The van der Waals surface area contributed by atoms with Crippen LogP contribution in [0.1, 0.15) is 62.2 Å². The van der Waals surface area contributed by atoms with Gasteiger partial charge in [0.15, 0.2) is 0 Å². The van der Waals surface area contributed by atoms with E-state index in [1.54, 1.807) is 42.5 Å². The summed E-state index contributed by atoms with van der Waals surface area (Å²) in [5.74, 6) is -0.436. The fraction of sp³-hybridized carbons (Fsp3) is 0.400. The molecule has 1 fully saturated rings. The Morgan fingerprint density at radius 2 is 1.61 bits per heavy atom. The second kappa shape index (κ2) is 12.3. The van der Waals surface area contributed by atoms with Crippen molar-refractivity contribution in [3.8, 4) is 0 Å². The molecular formula is C25H31ClN4O3. The van der Waals surface area contributed by atoms with Gasteiger partial charge in [0.25, 0.3) is 5.91 Å². The molecule has 2 aromatic carbocycles. The van der Waals surface area contributed by atoms with Crippen molar-refractivity contribution in [2.75, 3.05) is 22.5 Å². The molecule has 0 bridgehead atoms. The number of carbonyl (C=O) groups excluding carboxylic acids is 3. The lowest BCUT2D eigenvalue weighted by Gasteiger charge is -2.22. The molecule has 7 nitrogen and oxygen atoms in total. The highest BCUT2D eigenvalue weighted by Gasteiger charge is 2.16. The molecule has 0 unspecified atom stereocenters. The third kappa shape index (κ3) is 7.79. The summed E-state index contributed by atoms with van der Waals surface area (Å²) < 4.78 is 0. The third-order valence-corrected chi connectivity index (χ3v) is 5.87. The number of halogens is 1. The number of hydrogen-bond acceptors (Lipinski definition) is 4. The zero-order valence-corrected chi connectivity index (χ0v) is 19.6. The third-order valence-electron chi connectivity index (χ3n) is 5.54. The van der Waals surface area contributed by atoms with Crippen LogP contribution in [-0.4, -0.2) is 30.3 Å². The van der Waals surface area contributed by atoms with Crippen LogP contribution >= 0.6 is 11.6 Å². The molecule has 0 radical (unpaired) electrons. The molecule has 0 atom stereocenters. The first-order valence-electron chi connectivity index (χ1n) is 11.5. The van der Waals surface area contributed by atoms with E-state index in [-0.39, 0.29) is 30.3 Å². The molecule has 1 aliphatic carbocycles. The summed E-state index contributed by atoms with van der Waals surface area (Å²) in [5, 5.41) is 12.1. The SMILES string of the molecule is CCCC(=O)Nc1ccc(Cl)c(NC(=O)CNc2ccc(C(=O)NC3CCCCC3)cc2)c1. The van der Waals surface area contributed by atoms with Gasteiger partial charge < -0.3 is 21.3 Å². The van der Waals surface area contributed by atoms with E-state index in [1.807, 2.05) is 6.92 Å². The molecule has 4 N–H and O–H groups in total. The van der Waals surface area contributed by atoms with Crippen molar-refractivity contribution in [2.24, 2.45) is 0 Å². The average molecular weight is 471 g/mol. The first-order chi connectivity index (χ1) is 15.9. The maximum Gasteiger partial charge on any atom is 0.251 e. The first kappa shape index (κ1) is 24.6. The predicted molar refractivity (Wildman–Crippen MR) is 133 cm³/mol. The van der Waals surface area contributed by atoms with Gasteiger partial charge in [-0.2, -0.15) is 0 Å². The van der Waals surface area contributed by atoms with E-state index in [1.165, 1.54) is 19.3 Å². The Balaban J connectivity index is 1.49. The second-order valence-corrected chi connectivity index (χ2v) is 8.69. The molecular weight excluding hydrogens is 440 g/mol. The summed E-state index contributed by atoms with van der Waals surface area (Å²) in [4.78, 5) is 36.6. The summed E-state index contributed by atoms with van der Waals surface area (Å²) >= 11 is 6.19. The maximum absolute atomic E-state index is 12.4. The molecule has 8 heteroatoms. The molecule has 0 aliphatic heterocycles. The summed E-state index contributed by atoms with van der Waals surface area (Å²) in [5.41, 5.74) is 2.33. The van der Waals surface area contributed by atoms with Gasteiger partial charge in [0, 0.05) is 29.4 Å². The minimum Gasteiger partial charge on any atom is -0.376 e. The molecule has 0 heterocycles. The average Bonchev–Trinajstić information content (AvgIpc) is 2.81. The maximum atomic E-state index is 12.4. The monoisotopic (exact) mass is 470 g/mol. The van der Waals surface area contributed by atoms with Gasteiger partial charge in [-0.3, -0.25) is 14.4 Å². The Hall–Kier alpha value is -3.06. The largest absolute Gasteiger partial charge is 0.376 e. The van der Waals surface area contributed by atoms with Crippen molar-refractivity contribution >= 4 is 46.4 Å². The van der Waals surface area contributed by atoms with E-state index in [0.717, 1.165) is 24.9 Å². The first-order valence-corrected chi connectivity index (χ1v) is 11.9. The van der Waals surface area contributed by atoms with Crippen LogP contribution in [0.5, 0.6) is 0 Å². The number of amides is 3. The minimum absolute atomic E-state index is 0.0242. The van der Waals surface area contributed by atoms with Crippen molar-refractivity contribution in [2.45, 2.75) is 57.9 Å². The van der Waals surface area contributed by atoms with E-state index in [9.17, 15) is 14.4 Å². The van der Waals surface area contributed by atoms with Gasteiger partial charge in [-0.15, -0.1) is 0 Å². The van der Waals surface area contributed by atoms with Crippen LogP contribution in [0, 0.1) is 0 Å². The van der Waals surface area contributed by atoms with Gasteiger partial charge in [-0.25, -0.2) is 0 Å². The second-order valence-electron chi connectivity index (χ2n) is 8.28. The minimum atomic E-state index is -0.284. The van der Waals surface area contributed by atoms with Crippen molar-refractivity contribution in [3.05, 3.63) is 53.1 Å². The summed E-state index contributed by atoms with van der Waals surface area (Å²) in [6.07, 6.45) is 6.83. The molecule has 0 spiro atoms. The Morgan fingerprint density at radius 1 is 0.909 bits per heavy atom. The lowest BCUT2D eigenvalue weighted by atomic mass is 9.95. The van der Waals surface area contributed by atoms with Gasteiger partial charge in [0.05, 0.1) is 17.3 Å². The summed E-state index contributed by atoms with van der Waals surface area (Å²) in [6, 6.07) is 12.3. The number of hydrogen-bond donors (Lipinski definition) is 4. The number of nitrogens with one attached hydrogen (secondary N) is 4. The molecule has 33 heavy (non-hydrogen) atoms. The number of anilines is 3. The topological polar surface area (TPSA) is 99.3 Å². The lowest BCUT2D eigenvalue weighted by Crippen LogP contribution is -2.36. The molecule has 176 valence electrons. The number of rotatable bonds is 9. The van der Waals surface area contributed by atoms with Gasteiger partial charge in [-0.1, -0.05) is 37.8 Å². The van der Waals surface area contributed by atoms with Crippen LogP contribution in [0.2, 0.25) is 5.02 Å². The van der Waals surface area contributed by atoms with Crippen molar-refractivity contribution < 1.29 is 14.4 Å². The lowest BCUT2D eigenvalue weighted by molar-refractivity contribution is -0.116. The van der Waals surface area contributed by atoms with Gasteiger partial charge in [0.1, 0.15) is 0 Å². The van der Waals surface area contributed by atoms with E-state index in [2.05, 4.69) is 21.3 Å². The molecule has 3 amide bonds. The Labute approximate surface area is 199 Å². The van der Waals surface area contributed by atoms with Crippen LogP contribution in [0.25, 0.3) is 0 Å². The van der Waals surface area contributed by atoms with Crippen LogP contribution in [-0.2, 0) is 9.59 Å². The van der Waals surface area contributed by atoms with E-state index < -0.39 is 0 Å². The summed E-state index contributed by atoms with van der Waals surface area (Å²) in [6.45, 7) is 1.95. The van der Waals surface area contributed by atoms with Crippen molar-refractivity contribution in [3.63, 3.8) is 0 Å².